The first-order valence-corrected chi connectivity index (χ1v) is 7.51. The number of hydrogen-bond acceptors (Lipinski definition) is 6. The first-order valence-electron chi connectivity index (χ1n) is 7.51. The van der Waals surface area contributed by atoms with Crippen LogP contribution in [0.1, 0.15) is 12.8 Å². The van der Waals surface area contributed by atoms with E-state index >= 15 is 0 Å². The monoisotopic (exact) mass is 345 g/mol. The van der Waals surface area contributed by atoms with E-state index in [4.69, 9.17) is 4.42 Å². The molecule has 0 atom stereocenters. The molecule has 0 bridgehead atoms. The molecule has 0 saturated heterocycles. The number of rotatable bonds is 6. The second-order valence-corrected chi connectivity index (χ2v) is 5.46. The number of benzene rings is 1. The van der Waals surface area contributed by atoms with Gasteiger partial charge in [0.1, 0.15) is 0 Å². The lowest BCUT2D eigenvalue weighted by molar-refractivity contribution is -0.384. The standard InChI is InChI=1S/C15H15N5O5/c1-18-8-6-13(17-18)16-14(21)3-2-7-19-11-5-4-10(20(23)24)9-12(11)25-15(19)22/h4-6,8-9H,2-3,7H2,1H3,(H,16,17,21). The van der Waals surface area contributed by atoms with Crippen LogP contribution in [0.4, 0.5) is 11.5 Å². The van der Waals surface area contributed by atoms with Gasteiger partial charge in [0, 0.05) is 38.3 Å². The topological polar surface area (TPSA) is 125 Å². The summed E-state index contributed by atoms with van der Waals surface area (Å²) < 4.78 is 7.97. The third-order valence-electron chi connectivity index (χ3n) is 3.63. The second-order valence-electron chi connectivity index (χ2n) is 5.46. The van der Waals surface area contributed by atoms with Gasteiger partial charge in [-0.15, -0.1) is 0 Å². The number of non-ortho nitro benzene ring substituents is 1. The van der Waals surface area contributed by atoms with Crippen LogP contribution in [0.5, 0.6) is 0 Å². The molecule has 0 spiro atoms. The molecule has 10 nitrogen and oxygen atoms in total. The minimum atomic E-state index is -0.611. The SMILES string of the molecule is Cn1ccc(NC(=O)CCCn2c(=O)oc3cc([N+](=O)[O-])ccc32)n1. The Morgan fingerprint density at radius 1 is 1.40 bits per heavy atom. The van der Waals surface area contributed by atoms with E-state index in [1.807, 2.05) is 0 Å². The van der Waals surface area contributed by atoms with E-state index in [0.29, 0.717) is 17.8 Å². The largest absolute Gasteiger partial charge is 0.419 e. The van der Waals surface area contributed by atoms with Crippen LogP contribution in [0.2, 0.25) is 0 Å². The average Bonchev–Trinajstić information content (AvgIpc) is 3.09. The molecule has 0 aliphatic carbocycles. The van der Waals surface area contributed by atoms with Gasteiger partial charge >= 0.3 is 5.76 Å². The third kappa shape index (κ3) is 3.57. The number of nitro groups is 1. The van der Waals surface area contributed by atoms with Crippen molar-refractivity contribution in [1.29, 1.82) is 0 Å². The maximum Gasteiger partial charge on any atom is 0.419 e. The van der Waals surface area contributed by atoms with Gasteiger partial charge in [0.25, 0.3) is 5.69 Å². The molecule has 0 saturated carbocycles. The Labute approximate surface area is 140 Å². The molecule has 0 aliphatic heterocycles. The van der Waals surface area contributed by atoms with Gasteiger partial charge in [-0.1, -0.05) is 0 Å². The van der Waals surface area contributed by atoms with Crippen LogP contribution in [-0.2, 0) is 18.4 Å². The van der Waals surface area contributed by atoms with Gasteiger partial charge in [-0.3, -0.25) is 24.2 Å². The van der Waals surface area contributed by atoms with Gasteiger partial charge < -0.3 is 9.73 Å². The van der Waals surface area contributed by atoms with Crippen LogP contribution >= 0.6 is 0 Å². The summed E-state index contributed by atoms with van der Waals surface area (Å²) in [5.74, 6) is -0.360. The number of carbonyl (C=O) groups excluding carboxylic acids is 1. The molecule has 2 heterocycles. The average molecular weight is 345 g/mol. The molecule has 10 heteroatoms. The summed E-state index contributed by atoms with van der Waals surface area (Å²) in [6.45, 7) is 0.263. The van der Waals surface area contributed by atoms with Crippen molar-refractivity contribution >= 4 is 28.5 Å². The quantitative estimate of drug-likeness (QED) is 0.535. The lowest BCUT2D eigenvalue weighted by atomic mass is 10.2. The Kier molecular flexibility index (Phi) is 4.33. The molecular weight excluding hydrogens is 330 g/mol. The second kappa shape index (κ2) is 6.59. The minimum Gasteiger partial charge on any atom is -0.407 e. The number of aromatic nitrogens is 3. The smallest absolute Gasteiger partial charge is 0.407 e. The van der Waals surface area contributed by atoms with Crippen molar-refractivity contribution in [3.05, 3.63) is 51.1 Å². The number of nitro benzene ring substituents is 1. The highest BCUT2D eigenvalue weighted by Gasteiger charge is 2.14. The molecular formula is C15H15N5O5. The Bertz CT molecular complexity index is 999. The summed E-state index contributed by atoms with van der Waals surface area (Å²) in [6.07, 6.45) is 2.32. The minimum absolute atomic E-state index is 0.150. The maximum absolute atomic E-state index is 11.9. The summed E-state index contributed by atoms with van der Waals surface area (Å²) in [7, 11) is 1.75. The van der Waals surface area contributed by atoms with E-state index in [1.165, 1.54) is 22.8 Å². The number of fused-ring (bicyclic) bond motifs is 1. The molecule has 0 unspecified atom stereocenters. The number of amides is 1. The first-order chi connectivity index (χ1) is 11.9. The van der Waals surface area contributed by atoms with Gasteiger partial charge in [-0.05, 0) is 12.5 Å². The van der Waals surface area contributed by atoms with Crippen LogP contribution < -0.4 is 11.1 Å². The molecule has 0 fully saturated rings. The van der Waals surface area contributed by atoms with Crippen molar-refractivity contribution in [3.63, 3.8) is 0 Å². The van der Waals surface area contributed by atoms with Gasteiger partial charge in [-0.2, -0.15) is 5.10 Å². The highest BCUT2D eigenvalue weighted by atomic mass is 16.6. The van der Waals surface area contributed by atoms with E-state index in [2.05, 4.69) is 10.4 Å². The maximum atomic E-state index is 11.9. The third-order valence-corrected chi connectivity index (χ3v) is 3.63. The van der Waals surface area contributed by atoms with Crippen molar-refractivity contribution in [2.45, 2.75) is 19.4 Å². The van der Waals surface area contributed by atoms with E-state index in [-0.39, 0.29) is 30.1 Å². The molecule has 0 aliphatic rings. The number of carbonyl (C=O) groups is 1. The molecule has 25 heavy (non-hydrogen) atoms. The number of aryl methyl sites for hydroxylation is 2. The molecule has 2 aromatic heterocycles. The summed E-state index contributed by atoms with van der Waals surface area (Å²) in [4.78, 5) is 34.0. The summed E-state index contributed by atoms with van der Waals surface area (Å²) >= 11 is 0. The normalized spacial score (nSPS) is 10.9. The van der Waals surface area contributed by atoms with Crippen LogP contribution in [0.3, 0.4) is 0 Å². The number of oxazole rings is 1. The van der Waals surface area contributed by atoms with Crippen LogP contribution in [0.15, 0.2) is 39.7 Å². The molecule has 1 amide bonds. The molecule has 0 radical (unpaired) electrons. The summed E-state index contributed by atoms with van der Waals surface area (Å²) in [5, 5.41) is 17.5. The van der Waals surface area contributed by atoms with Crippen LogP contribution in [0, 0.1) is 10.1 Å². The zero-order valence-corrected chi connectivity index (χ0v) is 13.3. The molecule has 3 rings (SSSR count). The van der Waals surface area contributed by atoms with Crippen molar-refractivity contribution in [3.8, 4) is 0 Å². The molecule has 1 N–H and O–H groups in total. The Morgan fingerprint density at radius 2 is 2.20 bits per heavy atom. The van der Waals surface area contributed by atoms with E-state index in [1.54, 1.807) is 24.0 Å². The van der Waals surface area contributed by atoms with Crippen molar-refractivity contribution in [2.24, 2.45) is 7.05 Å². The van der Waals surface area contributed by atoms with E-state index in [9.17, 15) is 19.7 Å². The fraction of sp³-hybridized carbons (Fsp3) is 0.267. The van der Waals surface area contributed by atoms with Gasteiger partial charge in [-0.25, -0.2) is 4.79 Å². The number of nitrogens with zero attached hydrogens (tertiary/aromatic N) is 4. The van der Waals surface area contributed by atoms with Crippen LogP contribution in [-0.4, -0.2) is 25.2 Å². The number of nitrogens with one attached hydrogen (secondary N) is 1. The van der Waals surface area contributed by atoms with Gasteiger partial charge in [0.05, 0.1) is 16.5 Å². The first kappa shape index (κ1) is 16.4. The fourth-order valence-corrected chi connectivity index (χ4v) is 2.47. The predicted molar refractivity (Wildman–Crippen MR) is 88.2 cm³/mol. The predicted octanol–water partition coefficient (Wildman–Crippen LogP) is 1.66. The zero-order valence-electron chi connectivity index (χ0n) is 13.3. The van der Waals surface area contributed by atoms with Crippen molar-refractivity contribution in [1.82, 2.24) is 14.3 Å². The highest BCUT2D eigenvalue weighted by Crippen LogP contribution is 2.20. The molecule has 3 aromatic rings. The molecule has 1 aromatic carbocycles. The van der Waals surface area contributed by atoms with Gasteiger partial charge in [0.2, 0.25) is 5.91 Å². The van der Waals surface area contributed by atoms with Crippen molar-refractivity contribution in [2.75, 3.05) is 5.32 Å². The Balaban J connectivity index is 1.65. The van der Waals surface area contributed by atoms with Crippen molar-refractivity contribution < 1.29 is 14.1 Å². The zero-order chi connectivity index (χ0) is 18.0. The number of anilines is 1. The van der Waals surface area contributed by atoms with E-state index in [0.717, 1.165) is 0 Å². The highest BCUT2D eigenvalue weighted by molar-refractivity contribution is 5.89. The van der Waals surface area contributed by atoms with Gasteiger partial charge in [0.15, 0.2) is 11.4 Å². The molecule has 130 valence electrons. The lowest BCUT2D eigenvalue weighted by Gasteiger charge is -2.03. The Hall–Kier alpha value is -3.43. The van der Waals surface area contributed by atoms with Crippen LogP contribution in [0.25, 0.3) is 11.1 Å². The Morgan fingerprint density at radius 3 is 2.88 bits per heavy atom. The fourth-order valence-electron chi connectivity index (χ4n) is 2.47. The lowest BCUT2D eigenvalue weighted by Crippen LogP contribution is -2.17. The summed E-state index contributed by atoms with van der Waals surface area (Å²) in [5.41, 5.74) is 0.459. The summed E-state index contributed by atoms with van der Waals surface area (Å²) in [6, 6.07) is 5.66. The van der Waals surface area contributed by atoms with E-state index < -0.39 is 10.7 Å². The number of hydrogen-bond donors (Lipinski definition) is 1.